The van der Waals surface area contributed by atoms with Gasteiger partial charge in [-0.15, -0.1) is 10.1 Å². The van der Waals surface area contributed by atoms with Crippen molar-refractivity contribution in [2.24, 2.45) is 11.8 Å². The maximum atomic E-state index is 12.4. The van der Waals surface area contributed by atoms with Crippen molar-refractivity contribution < 1.29 is 43.3 Å². The van der Waals surface area contributed by atoms with E-state index in [0.717, 1.165) is 24.0 Å². The number of hydrogen-bond acceptors (Lipinski definition) is 11. The summed E-state index contributed by atoms with van der Waals surface area (Å²) in [5.41, 5.74) is 0.598. The Kier molecular flexibility index (Phi) is 22.2. The fourth-order valence-electron chi connectivity index (χ4n) is 5.03. The Morgan fingerprint density at radius 3 is 2.58 bits per heavy atom. The Morgan fingerprint density at radius 1 is 1.09 bits per heavy atom. The van der Waals surface area contributed by atoms with Crippen LogP contribution in [0.4, 0.5) is 0 Å². The standard InChI is InChI=1S/C24H32N2O9.C15H19ClOS/c1-4-5-6-7-10-22(27)25-18(2)24(29)35-20-13-11-19(17-21(20)32-3)12-14-23(28)33-15-8-9-16-34-26(30)31;1-12-4-2-5-13(12)8-9-18-11-17-15-7-3-6-14(16)10-15/h4-5,11-14,17-18H,6-10,15-16H2,1-3H3,(H,25,27);3,6-10,12-13H,2,4-5,11H2,1H3/b5-4-,14-12+;9-8+. The Bertz CT molecular complexity index is 1530. The van der Waals surface area contributed by atoms with Crippen molar-refractivity contribution in [3.63, 3.8) is 0 Å². The molecule has 0 saturated heterocycles. The van der Waals surface area contributed by atoms with Crippen LogP contribution in [-0.4, -0.2) is 55.2 Å². The van der Waals surface area contributed by atoms with Crippen molar-refractivity contribution >= 4 is 47.3 Å². The molecule has 3 unspecified atom stereocenters. The van der Waals surface area contributed by atoms with Crippen LogP contribution in [0, 0.1) is 22.0 Å². The fraction of sp³-hybridized carbons (Fsp3) is 0.462. The number of thioether (sulfide) groups is 1. The fourth-order valence-corrected chi connectivity index (χ4v) is 5.81. The van der Waals surface area contributed by atoms with Gasteiger partial charge in [-0.05, 0) is 105 Å². The molecule has 2 aromatic rings. The van der Waals surface area contributed by atoms with Crippen LogP contribution in [0.25, 0.3) is 6.08 Å². The van der Waals surface area contributed by atoms with Gasteiger partial charge in [0.25, 0.3) is 5.09 Å². The number of methoxy groups -OCH3 is 1. The van der Waals surface area contributed by atoms with Gasteiger partial charge >= 0.3 is 11.9 Å². The highest BCUT2D eigenvalue weighted by Gasteiger charge is 2.21. The molecule has 14 heteroatoms. The van der Waals surface area contributed by atoms with Crippen molar-refractivity contribution in [1.82, 2.24) is 5.32 Å². The zero-order valence-corrected chi connectivity index (χ0v) is 32.4. The molecule has 0 spiro atoms. The van der Waals surface area contributed by atoms with Gasteiger partial charge in [0, 0.05) is 17.5 Å². The first-order valence-corrected chi connectivity index (χ1v) is 19.0. The van der Waals surface area contributed by atoms with Crippen LogP contribution >= 0.6 is 23.4 Å². The SMILES string of the molecule is C/C=C\CCCC(=O)NC(C)C(=O)Oc1ccc(/C=C/C(=O)OCCCCO[N+](=O)[O-])cc1OC.CC1CCCC1/C=C/SCOc1cccc(Cl)c1. The van der Waals surface area contributed by atoms with Gasteiger partial charge in [-0.1, -0.05) is 73.5 Å². The first-order valence-electron chi connectivity index (χ1n) is 17.6. The molecule has 0 aromatic heterocycles. The van der Waals surface area contributed by atoms with Crippen LogP contribution in [-0.2, 0) is 24.0 Å². The summed E-state index contributed by atoms with van der Waals surface area (Å²) in [5, 5.41) is 14.7. The summed E-state index contributed by atoms with van der Waals surface area (Å²) in [6, 6.07) is 11.4. The highest BCUT2D eigenvalue weighted by atomic mass is 35.5. The average molecular weight is 775 g/mol. The second-order valence-electron chi connectivity index (χ2n) is 12.1. The number of rotatable bonds is 21. The number of allylic oxidation sites excluding steroid dienone is 3. The molecule has 53 heavy (non-hydrogen) atoms. The van der Waals surface area contributed by atoms with Crippen LogP contribution in [0.2, 0.25) is 5.02 Å². The smallest absolute Gasteiger partial charge is 0.333 e. The van der Waals surface area contributed by atoms with Gasteiger partial charge in [0.2, 0.25) is 5.91 Å². The summed E-state index contributed by atoms with van der Waals surface area (Å²) in [6.45, 7) is 5.84. The van der Waals surface area contributed by atoms with Crippen LogP contribution < -0.4 is 19.5 Å². The Labute approximate surface area is 321 Å². The Balaban J connectivity index is 0.000000448. The minimum Gasteiger partial charge on any atom is -0.493 e. The third-order valence-electron chi connectivity index (χ3n) is 7.97. The molecule has 1 N–H and O–H groups in total. The van der Waals surface area contributed by atoms with Crippen molar-refractivity contribution in [2.75, 3.05) is 26.3 Å². The second kappa shape index (κ2) is 26.3. The van der Waals surface area contributed by atoms with Crippen LogP contribution in [0.1, 0.15) is 77.7 Å². The largest absolute Gasteiger partial charge is 0.493 e. The van der Waals surface area contributed by atoms with E-state index in [1.807, 2.05) is 43.3 Å². The third kappa shape index (κ3) is 19.8. The number of carbonyl (C=O) groups excluding carboxylic acids is 3. The number of nitrogens with zero attached hydrogens (tertiary/aromatic N) is 1. The molecule has 0 bridgehead atoms. The molecule has 1 saturated carbocycles. The molecule has 1 aliphatic carbocycles. The molecular weight excluding hydrogens is 724 g/mol. The number of nitrogens with one attached hydrogen (secondary N) is 1. The molecule has 1 fully saturated rings. The van der Waals surface area contributed by atoms with Gasteiger partial charge in [-0.3, -0.25) is 4.79 Å². The maximum Gasteiger partial charge on any atom is 0.333 e. The average Bonchev–Trinajstić information content (AvgIpc) is 3.55. The third-order valence-corrected chi connectivity index (χ3v) is 8.81. The molecule has 290 valence electrons. The summed E-state index contributed by atoms with van der Waals surface area (Å²) in [5.74, 6) is 2.07. The van der Waals surface area contributed by atoms with Crippen molar-refractivity contribution in [2.45, 2.75) is 78.2 Å². The summed E-state index contributed by atoms with van der Waals surface area (Å²) < 4.78 is 21.2. The summed E-state index contributed by atoms with van der Waals surface area (Å²) in [6.07, 6.45) is 15.6. The van der Waals surface area contributed by atoms with E-state index in [1.165, 1.54) is 51.5 Å². The molecule has 1 aliphatic rings. The molecule has 2 aromatic carbocycles. The molecular formula is C39H51ClN2O10S. The Hall–Kier alpha value is -4.49. The van der Waals surface area contributed by atoms with Gasteiger partial charge in [0.15, 0.2) is 11.5 Å². The van der Waals surface area contributed by atoms with E-state index < -0.39 is 23.1 Å². The van der Waals surface area contributed by atoms with Gasteiger partial charge < -0.3 is 29.1 Å². The van der Waals surface area contributed by atoms with Crippen LogP contribution in [0.15, 0.2) is 72.2 Å². The molecule has 3 rings (SSSR count). The van der Waals surface area contributed by atoms with E-state index in [4.69, 9.17) is 30.5 Å². The van der Waals surface area contributed by atoms with E-state index in [1.54, 1.807) is 23.9 Å². The molecule has 0 radical (unpaired) electrons. The first kappa shape index (κ1) is 44.7. The molecule has 1 amide bonds. The lowest BCUT2D eigenvalue weighted by Crippen LogP contribution is -2.40. The minimum absolute atomic E-state index is 0.0564. The number of hydrogen-bond donors (Lipinski definition) is 1. The topological polar surface area (TPSA) is 153 Å². The van der Waals surface area contributed by atoms with Gasteiger partial charge in [-0.2, -0.15) is 0 Å². The first-order chi connectivity index (χ1) is 25.5. The molecule has 3 atom stereocenters. The normalized spacial score (nSPS) is 15.8. The van der Waals surface area contributed by atoms with E-state index in [2.05, 4.69) is 28.6 Å². The zero-order valence-electron chi connectivity index (χ0n) is 30.8. The molecule has 0 heterocycles. The minimum atomic E-state index is -0.873. The predicted octanol–water partition coefficient (Wildman–Crippen LogP) is 8.76. The number of carbonyl (C=O) groups is 3. The van der Waals surface area contributed by atoms with Crippen molar-refractivity contribution in [3.8, 4) is 17.2 Å². The van der Waals surface area contributed by atoms with E-state index in [0.29, 0.717) is 42.2 Å². The number of benzene rings is 2. The Morgan fingerprint density at radius 2 is 1.89 bits per heavy atom. The zero-order chi connectivity index (χ0) is 38.8. The number of unbranched alkanes of at least 4 members (excludes halogenated alkanes) is 2. The number of ether oxygens (including phenoxy) is 4. The monoisotopic (exact) mass is 774 g/mol. The van der Waals surface area contributed by atoms with Crippen LogP contribution in [0.3, 0.4) is 0 Å². The molecule has 12 nitrogen and oxygen atoms in total. The summed E-state index contributed by atoms with van der Waals surface area (Å²) >= 11 is 7.58. The summed E-state index contributed by atoms with van der Waals surface area (Å²) in [7, 11) is 1.41. The van der Waals surface area contributed by atoms with Crippen molar-refractivity contribution in [1.29, 1.82) is 0 Å². The van der Waals surface area contributed by atoms with E-state index in [-0.39, 0.29) is 30.6 Å². The number of amides is 1. The lowest BCUT2D eigenvalue weighted by molar-refractivity contribution is -0.757. The van der Waals surface area contributed by atoms with E-state index >= 15 is 0 Å². The summed E-state index contributed by atoms with van der Waals surface area (Å²) in [4.78, 5) is 50.3. The highest BCUT2D eigenvalue weighted by Crippen LogP contribution is 2.33. The predicted molar refractivity (Wildman–Crippen MR) is 207 cm³/mol. The number of esters is 2. The van der Waals surface area contributed by atoms with Gasteiger partial charge in [-0.25, -0.2) is 9.59 Å². The second-order valence-corrected chi connectivity index (χ2v) is 13.4. The van der Waals surface area contributed by atoms with Gasteiger partial charge in [0.1, 0.15) is 17.7 Å². The quantitative estimate of drug-likeness (QED) is 0.0189. The van der Waals surface area contributed by atoms with Gasteiger partial charge in [0.05, 0.1) is 20.3 Å². The van der Waals surface area contributed by atoms with E-state index in [9.17, 15) is 24.5 Å². The number of halogens is 1. The van der Waals surface area contributed by atoms with Crippen LogP contribution in [0.5, 0.6) is 17.2 Å². The lowest BCUT2D eigenvalue weighted by Gasteiger charge is -2.15. The maximum absolute atomic E-state index is 12.4. The lowest BCUT2D eigenvalue weighted by atomic mass is 9.99. The highest BCUT2D eigenvalue weighted by molar-refractivity contribution is 8.02. The molecule has 0 aliphatic heterocycles. The van der Waals surface area contributed by atoms with Crippen molar-refractivity contribution in [3.05, 3.63) is 92.9 Å².